The molecule has 0 aliphatic heterocycles. The van der Waals surface area contributed by atoms with Crippen LogP contribution in [0, 0.1) is 28.6 Å². The van der Waals surface area contributed by atoms with Crippen LogP contribution in [0.25, 0.3) is 0 Å². The van der Waals surface area contributed by atoms with Crippen molar-refractivity contribution >= 4 is 5.91 Å². The van der Waals surface area contributed by atoms with Crippen LogP contribution < -0.4 is 5.73 Å². The number of nitrogens with zero attached hydrogens (tertiary/aromatic N) is 3. The number of rotatable bonds is 6. The molecule has 0 rings (SSSR count). The zero-order valence-electron chi connectivity index (χ0n) is 9.81. The lowest BCUT2D eigenvalue weighted by Crippen LogP contribution is -2.47. The first-order valence-corrected chi connectivity index (χ1v) is 5.32. The maximum Gasteiger partial charge on any atom is 0.239 e. The summed E-state index contributed by atoms with van der Waals surface area (Å²) in [7, 11) is 0. The predicted octanol–water partition coefficient (Wildman–Crippen LogP) is 0.626. The van der Waals surface area contributed by atoms with Crippen LogP contribution in [0.1, 0.15) is 26.7 Å². The summed E-state index contributed by atoms with van der Waals surface area (Å²) in [5, 5.41) is 17.0. The first-order chi connectivity index (χ1) is 7.54. The number of nitriles is 2. The molecule has 0 radical (unpaired) electrons. The molecule has 0 unspecified atom stereocenters. The van der Waals surface area contributed by atoms with Gasteiger partial charge < -0.3 is 10.6 Å². The average molecular weight is 222 g/mol. The molecule has 2 N–H and O–H groups in total. The van der Waals surface area contributed by atoms with Crippen LogP contribution in [0.2, 0.25) is 0 Å². The molecule has 5 nitrogen and oxygen atoms in total. The standard InChI is InChI=1S/C11H18N4O/c1-9(2)10(14)11(16)15(7-3-5-12)8-4-6-13/h9-10H,3-4,7-8,14H2,1-2H3/t10-/m0/s1. The van der Waals surface area contributed by atoms with Crippen molar-refractivity contribution in [2.75, 3.05) is 13.1 Å². The lowest BCUT2D eigenvalue weighted by molar-refractivity contribution is -0.133. The van der Waals surface area contributed by atoms with E-state index in [1.165, 1.54) is 4.90 Å². The van der Waals surface area contributed by atoms with Crippen molar-refractivity contribution in [1.29, 1.82) is 10.5 Å². The third kappa shape index (κ3) is 4.77. The van der Waals surface area contributed by atoms with Crippen molar-refractivity contribution in [3.63, 3.8) is 0 Å². The average Bonchev–Trinajstić information content (AvgIpc) is 2.27. The lowest BCUT2D eigenvalue weighted by Gasteiger charge is -2.25. The van der Waals surface area contributed by atoms with E-state index in [0.29, 0.717) is 13.1 Å². The Hall–Kier alpha value is -1.59. The molecule has 0 aromatic carbocycles. The molecule has 1 amide bonds. The van der Waals surface area contributed by atoms with Crippen molar-refractivity contribution in [2.24, 2.45) is 11.7 Å². The van der Waals surface area contributed by atoms with Crippen molar-refractivity contribution in [2.45, 2.75) is 32.7 Å². The van der Waals surface area contributed by atoms with E-state index in [0.717, 1.165) is 0 Å². The summed E-state index contributed by atoms with van der Waals surface area (Å²) in [4.78, 5) is 13.4. The fourth-order valence-corrected chi connectivity index (χ4v) is 1.20. The molecule has 0 spiro atoms. The van der Waals surface area contributed by atoms with Gasteiger partial charge in [-0.1, -0.05) is 13.8 Å². The Morgan fingerprint density at radius 3 is 2.00 bits per heavy atom. The van der Waals surface area contributed by atoms with Crippen LogP contribution in [0.5, 0.6) is 0 Å². The minimum atomic E-state index is -0.558. The molecule has 0 aliphatic carbocycles. The summed E-state index contributed by atoms with van der Waals surface area (Å²) in [5.41, 5.74) is 5.75. The van der Waals surface area contributed by atoms with Crippen LogP contribution in [0.15, 0.2) is 0 Å². The quantitative estimate of drug-likeness (QED) is 0.713. The van der Waals surface area contributed by atoms with E-state index in [1.54, 1.807) is 0 Å². The number of hydrogen-bond acceptors (Lipinski definition) is 4. The molecular formula is C11H18N4O. The Balaban J connectivity index is 4.44. The van der Waals surface area contributed by atoms with E-state index in [4.69, 9.17) is 16.3 Å². The molecular weight excluding hydrogens is 204 g/mol. The summed E-state index contributed by atoms with van der Waals surface area (Å²) in [6, 6.07) is 3.40. The van der Waals surface area contributed by atoms with Gasteiger partial charge in [0.25, 0.3) is 0 Å². The fraction of sp³-hybridized carbons (Fsp3) is 0.727. The summed E-state index contributed by atoms with van der Waals surface area (Å²) in [6.45, 7) is 4.43. The molecule has 88 valence electrons. The van der Waals surface area contributed by atoms with E-state index in [9.17, 15) is 4.79 Å². The number of carbonyl (C=O) groups is 1. The minimum Gasteiger partial charge on any atom is -0.339 e. The molecule has 0 saturated carbocycles. The highest BCUT2D eigenvalue weighted by Crippen LogP contribution is 2.05. The largest absolute Gasteiger partial charge is 0.339 e. The summed E-state index contributed by atoms with van der Waals surface area (Å²) in [5.74, 6) is -0.125. The van der Waals surface area contributed by atoms with E-state index >= 15 is 0 Å². The van der Waals surface area contributed by atoms with Gasteiger partial charge in [-0.3, -0.25) is 4.79 Å². The van der Waals surface area contributed by atoms with Crippen LogP contribution in [0.4, 0.5) is 0 Å². The Kier molecular flexibility index (Phi) is 6.91. The lowest BCUT2D eigenvalue weighted by atomic mass is 10.0. The first-order valence-electron chi connectivity index (χ1n) is 5.32. The van der Waals surface area contributed by atoms with Gasteiger partial charge in [-0.2, -0.15) is 10.5 Å². The molecule has 1 atom stereocenters. The van der Waals surface area contributed by atoms with E-state index in [-0.39, 0.29) is 24.7 Å². The van der Waals surface area contributed by atoms with Gasteiger partial charge in [0.1, 0.15) is 0 Å². The number of amides is 1. The first kappa shape index (κ1) is 14.4. The van der Waals surface area contributed by atoms with Crippen LogP contribution >= 0.6 is 0 Å². The predicted molar refractivity (Wildman–Crippen MR) is 59.9 cm³/mol. The number of carbonyl (C=O) groups excluding carboxylic acids is 1. The molecule has 0 aromatic rings. The highest BCUT2D eigenvalue weighted by molar-refractivity contribution is 5.81. The third-order valence-corrected chi connectivity index (χ3v) is 2.30. The Morgan fingerprint density at radius 1 is 1.25 bits per heavy atom. The smallest absolute Gasteiger partial charge is 0.239 e. The zero-order valence-corrected chi connectivity index (χ0v) is 9.81. The highest BCUT2D eigenvalue weighted by atomic mass is 16.2. The van der Waals surface area contributed by atoms with Gasteiger partial charge in [0.2, 0.25) is 5.91 Å². The normalized spacial score (nSPS) is 11.6. The van der Waals surface area contributed by atoms with Gasteiger partial charge in [0.05, 0.1) is 31.0 Å². The van der Waals surface area contributed by atoms with E-state index < -0.39 is 6.04 Å². The minimum absolute atomic E-state index is 0.0548. The third-order valence-electron chi connectivity index (χ3n) is 2.30. The van der Waals surface area contributed by atoms with Gasteiger partial charge in [-0.25, -0.2) is 0 Å². The molecule has 0 aliphatic rings. The summed E-state index contributed by atoms with van der Waals surface area (Å²) < 4.78 is 0. The molecule has 0 saturated heterocycles. The second-order valence-corrected chi connectivity index (χ2v) is 3.91. The van der Waals surface area contributed by atoms with Gasteiger partial charge in [0, 0.05) is 13.1 Å². The van der Waals surface area contributed by atoms with E-state index in [1.807, 2.05) is 26.0 Å². The Morgan fingerprint density at radius 2 is 1.69 bits per heavy atom. The zero-order chi connectivity index (χ0) is 12.6. The molecule has 0 fully saturated rings. The van der Waals surface area contributed by atoms with Crippen LogP contribution in [0.3, 0.4) is 0 Å². The number of nitrogens with two attached hydrogens (primary N) is 1. The van der Waals surface area contributed by atoms with Crippen LogP contribution in [-0.2, 0) is 4.79 Å². The Bertz CT molecular complexity index is 282. The number of hydrogen-bond donors (Lipinski definition) is 1. The van der Waals surface area contributed by atoms with Crippen LogP contribution in [-0.4, -0.2) is 29.9 Å². The van der Waals surface area contributed by atoms with Gasteiger partial charge >= 0.3 is 0 Å². The second-order valence-electron chi connectivity index (χ2n) is 3.91. The summed E-state index contributed by atoms with van der Waals surface area (Å²) >= 11 is 0. The van der Waals surface area contributed by atoms with Gasteiger partial charge in [-0.05, 0) is 5.92 Å². The van der Waals surface area contributed by atoms with Gasteiger partial charge in [-0.15, -0.1) is 0 Å². The topological polar surface area (TPSA) is 93.9 Å². The van der Waals surface area contributed by atoms with Crippen molar-refractivity contribution in [3.05, 3.63) is 0 Å². The van der Waals surface area contributed by atoms with Crippen molar-refractivity contribution < 1.29 is 4.79 Å². The maximum absolute atomic E-state index is 11.9. The van der Waals surface area contributed by atoms with Gasteiger partial charge in [0.15, 0.2) is 0 Å². The summed E-state index contributed by atoms with van der Waals surface area (Å²) in [6.07, 6.45) is 0.532. The second kappa shape index (κ2) is 7.67. The van der Waals surface area contributed by atoms with Crippen molar-refractivity contribution in [1.82, 2.24) is 4.90 Å². The molecule has 0 heterocycles. The maximum atomic E-state index is 11.9. The SMILES string of the molecule is CC(C)[C@H](N)C(=O)N(CCC#N)CCC#N. The van der Waals surface area contributed by atoms with E-state index in [2.05, 4.69) is 0 Å². The molecule has 16 heavy (non-hydrogen) atoms. The molecule has 0 aromatic heterocycles. The highest BCUT2D eigenvalue weighted by Gasteiger charge is 2.22. The molecule has 0 bridgehead atoms. The Labute approximate surface area is 96.4 Å². The fourth-order valence-electron chi connectivity index (χ4n) is 1.20. The van der Waals surface area contributed by atoms with Crippen molar-refractivity contribution in [3.8, 4) is 12.1 Å². The molecule has 5 heteroatoms. The monoisotopic (exact) mass is 222 g/mol.